The number of hydrogen-bond acceptors (Lipinski definition) is 5. The first-order valence-corrected chi connectivity index (χ1v) is 13.8. The first kappa shape index (κ1) is 29.1. The summed E-state index contributed by atoms with van der Waals surface area (Å²) in [4.78, 5) is 42.3. The first-order chi connectivity index (χ1) is 19.0. The summed E-state index contributed by atoms with van der Waals surface area (Å²) in [6, 6.07) is 27.5. The minimum atomic E-state index is -0.738. The SMILES string of the molecule is CN[C@@H](C)C(=O)N[C@H]1CSc2c(NC(=O)c3ccccc3)cccc2N(Cc2cccc3ccccc23)C1=O.Cl. The van der Waals surface area contributed by atoms with E-state index in [1.165, 1.54) is 11.8 Å². The van der Waals surface area contributed by atoms with Gasteiger partial charge in [-0.05, 0) is 54.6 Å². The average molecular weight is 575 g/mol. The van der Waals surface area contributed by atoms with Crippen LogP contribution in [-0.2, 0) is 16.1 Å². The number of benzene rings is 4. The summed E-state index contributed by atoms with van der Waals surface area (Å²) in [6.45, 7) is 2.07. The fourth-order valence-corrected chi connectivity index (χ4v) is 5.77. The Kier molecular flexibility index (Phi) is 9.47. The molecule has 9 heteroatoms. The van der Waals surface area contributed by atoms with Crippen molar-refractivity contribution in [2.45, 2.75) is 30.4 Å². The number of nitrogens with one attached hydrogen (secondary N) is 3. The summed E-state index contributed by atoms with van der Waals surface area (Å²) in [7, 11) is 1.71. The van der Waals surface area contributed by atoms with Crippen LogP contribution in [0.4, 0.5) is 11.4 Å². The predicted octanol–water partition coefficient (Wildman–Crippen LogP) is 5.25. The van der Waals surface area contributed by atoms with Crippen molar-refractivity contribution in [3.8, 4) is 0 Å². The summed E-state index contributed by atoms with van der Waals surface area (Å²) >= 11 is 1.45. The van der Waals surface area contributed by atoms with Crippen molar-refractivity contribution in [1.29, 1.82) is 0 Å². The normalized spacial score (nSPS) is 15.4. The highest BCUT2D eigenvalue weighted by Crippen LogP contribution is 2.41. The topological polar surface area (TPSA) is 90.5 Å². The monoisotopic (exact) mass is 574 g/mol. The molecule has 0 aliphatic carbocycles. The summed E-state index contributed by atoms with van der Waals surface area (Å²) in [5.74, 6) is -0.339. The van der Waals surface area contributed by atoms with Crippen LogP contribution in [0.15, 0.2) is 95.9 Å². The molecule has 1 aliphatic rings. The molecule has 0 spiro atoms. The number of rotatable bonds is 7. The molecule has 4 aromatic carbocycles. The van der Waals surface area contributed by atoms with Crippen molar-refractivity contribution in [2.75, 3.05) is 23.0 Å². The van der Waals surface area contributed by atoms with Gasteiger partial charge in [-0.15, -0.1) is 24.2 Å². The molecule has 206 valence electrons. The lowest BCUT2D eigenvalue weighted by Gasteiger charge is -2.27. The van der Waals surface area contributed by atoms with Crippen LogP contribution >= 0.6 is 24.2 Å². The van der Waals surface area contributed by atoms with E-state index < -0.39 is 12.1 Å². The van der Waals surface area contributed by atoms with Gasteiger partial charge >= 0.3 is 0 Å². The predicted molar refractivity (Wildman–Crippen MR) is 164 cm³/mol. The molecule has 0 fully saturated rings. The zero-order valence-corrected chi connectivity index (χ0v) is 23.9. The van der Waals surface area contributed by atoms with E-state index in [0.717, 1.165) is 21.2 Å². The molecule has 0 radical (unpaired) electrons. The lowest BCUT2D eigenvalue weighted by molar-refractivity contribution is -0.128. The molecule has 0 saturated heterocycles. The van der Waals surface area contributed by atoms with Gasteiger partial charge in [-0.2, -0.15) is 0 Å². The number of nitrogens with zero attached hydrogens (tertiary/aromatic N) is 1. The van der Waals surface area contributed by atoms with Gasteiger partial charge in [0.25, 0.3) is 11.8 Å². The highest BCUT2D eigenvalue weighted by atomic mass is 35.5. The fraction of sp³-hybridized carbons (Fsp3) is 0.194. The van der Waals surface area contributed by atoms with E-state index in [1.807, 2.05) is 78.9 Å². The first-order valence-electron chi connectivity index (χ1n) is 12.8. The highest BCUT2D eigenvalue weighted by Gasteiger charge is 2.34. The zero-order chi connectivity index (χ0) is 27.4. The van der Waals surface area contributed by atoms with E-state index in [4.69, 9.17) is 0 Å². The molecule has 0 unspecified atom stereocenters. The molecule has 4 aromatic rings. The van der Waals surface area contributed by atoms with Crippen LogP contribution in [0.1, 0.15) is 22.8 Å². The molecule has 0 aromatic heterocycles. The van der Waals surface area contributed by atoms with E-state index in [1.54, 1.807) is 31.0 Å². The van der Waals surface area contributed by atoms with E-state index in [2.05, 4.69) is 16.0 Å². The third-order valence-corrected chi connectivity index (χ3v) is 8.10. The number of fused-ring (bicyclic) bond motifs is 2. The van der Waals surface area contributed by atoms with Gasteiger partial charge < -0.3 is 20.9 Å². The van der Waals surface area contributed by atoms with Gasteiger partial charge in [-0.25, -0.2) is 0 Å². The molecule has 5 rings (SSSR count). The van der Waals surface area contributed by atoms with Gasteiger partial charge in [0.1, 0.15) is 6.04 Å². The molecule has 1 heterocycles. The molecule has 3 amide bonds. The van der Waals surface area contributed by atoms with Gasteiger partial charge in [0, 0.05) is 11.3 Å². The van der Waals surface area contributed by atoms with E-state index >= 15 is 0 Å². The second-order valence-corrected chi connectivity index (χ2v) is 10.4. The van der Waals surface area contributed by atoms with Crippen LogP contribution in [0.25, 0.3) is 10.8 Å². The second-order valence-electron chi connectivity index (χ2n) is 9.42. The minimum absolute atomic E-state index is 0. The summed E-state index contributed by atoms with van der Waals surface area (Å²) in [5, 5.41) is 11.0. The maximum absolute atomic E-state index is 14.0. The Labute approximate surface area is 244 Å². The Hall–Kier alpha value is -3.85. The highest BCUT2D eigenvalue weighted by molar-refractivity contribution is 7.99. The average Bonchev–Trinajstić information content (AvgIpc) is 3.10. The molecule has 0 saturated carbocycles. The lowest BCUT2D eigenvalue weighted by Crippen LogP contribution is -2.53. The molecule has 7 nitrogen and oxygen atoms in total. The van der Waals surface area contributed by atoms with Crippen LogP contribution in [0, 0.1) is 0 Å². The Morgan fingerprint density at radius 1 is 0.950 bits per heavy atom. The summed E-state index contributed by atoms with van der Waals surface area (Å²) in [6.07, 6.45) is 0. The van der Waals surface area contributed by atoms with E-state index in [9.17, 15) is 14.4 Å². The fourth-order valence-electron chi connectivity index (χ4n) is 4.61. The van der Waals surface area contributed by atoms with Crippen LogP contribution in [0.5, 0.6) is 0 Å². The minimum Gasteiger partial charge on any atom is -0.342 e. The number of halogens is 1. The smallest absolute Gasteiger partial charge is 0.255 e. The number of thioether (sulfide) groups is 1. The zero-order valence-electron chi connectivity index (χ0n) is 22.2. The number of likely N-dealkylation sites (N-methyl/N-ethyl adjacent to an activating group) is 1. The Morgan fingerprint density at radius 3 is 2.42 bits per heavy atom. The Balaban J connectivity index is 0.00000370. The Bertz CT molecular complexity index is 1530. The van der Waals surface area contributed by atoms with Gasteiger partial charge in [0.05, 0.1) is 28.9 Å². The third-order valence-electron chi connectivity index (χ3n) is 6.88. The maximum atomic E-state index is 14.0. The van der Waals surface area contributed by atoms with Gasteiger partial charge in [-0.1, -0.05) is 66.7 Å². The lowest BCUT2D eigenvalue weighted by atomic mass is 10.0. The maximum Gasteiger partial charge on any atom is 0.255 e. The van der Waals surface area contributed by atoms with Crippen LogP contribution < -0.4 is 20.9 Å². The van der Waals surface area contributed by atoms with Crippen LogP contribution in [0.3, 0.4) is 0 Å². The molecule has 0 bridgehead atoms. The third kappa shape index (κ3) is 6.14. The van der Waals surface area contributed by atoms with Crippen LogP contribution in [-0.4, -0.2) is 42.6 Å². The largest absolute Gasteiger partial charge is 0.342 e. The van der Waals surface area contributed by atoms with Crippen molar-refractivity contribution in [2.24, 2.45) is 0 Å². The van der Waals surface area contributed by atoms with E-state index in [0.29, 0.717) is 29.2 Å². The van der Waals surface area contributed by atoms with Crippen molar-refractivity contribution in [3.05, 3.63) is 102 Å². The molecular weight excluding hydrogens is 544 g/mol. The van der Waals surface area contributed by atoms with Gasteiger partial charge in [0.15, 0.2) is 0 Å². The van der Waals surface area contributed by atoms with Crippen molar-refractivity contribution < 1.29 is 14.4 Å². The molecule has 1 aliphatic heterocycles. The summed E-state index contributed by atoms with van der Waals surface area (Å²) in [5.41, 5.74) is 2.86. The van der Waals surface area contributed by atoms with E-state index in [-0.39, 0.29) is 30.1 Å². The molecule has 40 heavy (non-hydrogen) atoms. The standard InChI is InChI=1S/C31H30N4O3S.ClH/c1-20(32-2)29(36)34-26-19-39-28-25(33-30(37)22-11-4-3-5-12-22)16-9-17-27(28)35(31(26)38)18-23-14-8-13-21-10-6-7-15-24(21)23;/h3-17,20,26,32H,18-19H2,1-2H3,(H,33,37)(H,34,36);1H/t20-,26-;/m0./s1. The van der Waals surface area contributed by atoms with Gasteiger partial charge in [-0.3, -0.25) is 14.4 Å². The van der Waals surface area contributed by atoms with Crippen molar-refractivity contribution in [3.63, 3.8) is 0 Å². The molecular formula is C31H31ClN4O3S. The van der Waals surface area contributed by atoms with Crippen molar-refractivity contribution >= 4 is 64.0 Å². The molecule has 2 atom stereocenters. The number of anilines is 2. The Morgan fingerprint density at radius 2 is 1.65 bits per heavy atom. The number of hydrogen-bond donors (Lipinski definition) is 3. The second kappa shape index (κ2) is 13.0. The summed E-state index contributed by atoms with van der Waals surface area (Å²) < 4.78 is 0. The van der Waals surface area contributed by atoms with Crippen LogP contribution in [0.2, 0.25) is 0 Å². The number of carbonyl (C=O) groups excluding carboxylic acids is 3. The van der Waals surface area contributed by atoms with Crippen molar-refractivity contribution in [1.82, 2.24) is 10.6 Å². The van der Waals surface area contributed by atoms with Gasteiger partial charge in [0.2, 0.25) is 5.91 Å². The quantitative estimate of drug-likeness (QED) is 0.281. The number of amides is 3. The molecule has 3 N–H and O–H groups in total. The number of carbonyl (C=O) groups is 3.